The molecule has 0 saturated carbocycles. The van der Waals surface area contributed by atoms with Crippen LogP contribution in [0, 0.1) is 0 Å². The summed E-state index contributed by atoms with van der Waals surface area (Å²) in [6.07, 6.45) is 0.198. The molecule has 0 fully saturated rings. The van der Waals surface area contributed by atoms with Gasteiger partial charge in [-0.25, -0.2) is 20.3 Å². The van der Waals surface area contributed by atoms with Crippen molar-refractivity contribution in [1.82, 2.24) is 0 Å². The highest BCUT2D eigenvalue weighted by atomic mass is 17.2. The first kappa shape index (κ1) is 11.8. The van der Waals surface area contributed by atoms with Crippen LogP contribution in [0.3, 0.4) is 0 Å². The summed E-state index contributed by atoms with van der Waals surface area (Å²) in [6, 6.07) is 0. The lowest BCUT2D eigenvalue weighted by Crippen LogP contribution is -2.40. The van der Waals surface area contributed by atoms with Crippen LogP contribution in [0.4, 0.5) is 0 Å². The van der Waals surface area contributed by atoms with Gasteiger partial charge in [-0.2, -0.15) is 0 Å². The Kier molecular flexibility index (Phi) is 4.09. The van der Waals surface area contributed by atoms with Crippen LogP contribution >= 0.6 is 0 Å². The Balaban J connectivity index is 4.20. The second kappa shape index (κ2) is 4.15. The van der Waals surface area contributed by atoms with Gasteiger partial charge < -0.3 is 4.74 Å². The molecule has 0 aromatic heterocycles. The van der Waals surface area contributed by atoms with Crippen LogP contribution in [-0.4, -0.2) is 29.0 Å². The van der Waals surface area contributed by atoms with Crippen LogP contribution in [0.2, 0.25) is 0 Å². The molecule has 0 atom stereocenters. The summed E-state index contributed by atoms with van der Waals surface area (Å²) in [5.41, 5.74) is -0.541. The summed E-state index contributed by atoms with van der Waals surface area (Å²) in [4.78, 5) is 7.94. The summed E-state index contributed by atoms with van der Waals surface area (Å²) in [5.74, 6) is -1.44. The van der Waals surface area contributed by atoms with Crippen molar-refractivity contribution in [3.05, 3.63) is 0 Å². The van der Waals surface area contributed by atoms with Gasteiger partial charge >= 0.3 is 0 Å². The summed E-state index contributed by atoms with van der Waals surface area (Å²) >= 11 is 0. The molecular weight excluding hydrogens is 164 g/mol. The van der Waals surface area contributed by atoms with Gasteiger partial charge in [0.05, 0.1) is 5.60 Å². The van der Waals surface area contributed by atoms with Gasteiger partial charge in [0.25, 0.3) is 0 Å². The van der Waals surface area contributed by atoms with E-state index in [1.807, 2.05) is 0 Å². The van der Waals surface area contributed by atoms with E-state index in [0.717, 1.165) is 0 Å². The lowest BCUT2D eigenvalue weighted by atomic mass is 9.99. The molecule has 0 heterocycles. The standard InChI is InChI=1S/C7H16O5/c1-6(2,10-4)5-7(3,11-8)12-9/h8-9H,5H2,1-4H3. The zero-order valence-electron chi connectivity index (χ0n) is 7.83. The Morgan fingerprint density at radius 3 is 1.75 bits per heavy atom. The molecule has 5 nitrogen and oxygen atoms in total. The number of hydrogen-bond acceptors (Lipinski definition) is 5. The smallest absolute Gasteiger partial charge is 0.233 e. The third-order valence-corrected chi connectivity index (χ3v) is 1.69. The van der Waals surface area contributed by atoms with E-state index in [1.54, 1.807) is 13.8 Å². The van der Waals surface area contributed by atoms with Gasteiger partial charge in [-0.1, -0.05) is 0 Å². The third-order valence-electron chi connectivity index (χ3n) is 1.69. The molecule has 2 N–H and O–H groups in total. The molecule has 0 aromatic rings. The molecule has 0 aliphatic carbocycles. The summed E-state index contributed by atoms with van der Waals surface area (Å²) in [7, 11) is 1.52. The average molecular weight is 180 g/mol. The lowest BCUT2D eigenvalue weighted by molar-refractivity contribution is -0.486. The maximum Gasteiger partial charge on any atom is 0.233 e. The van der Waals surface area contributed by atoms with E-state index in [2.05, 4.69) is 9.78 Å². The highest BCUT2D eigenvalue weighted by Crippen LogP contribution is 2.25. The second-order valence-corrected chi connectivity index (χ2v) is 3.46. The Morgan fingerprint density at radius 1 is 1.08 bits per heavy atom. The first-order chi connectivity index (χ1) is 5.39. The minimum Gasteiger partial charge on any atom is -0.379 e. The first-order valence-corrected chi connectivity index (χ1v) is 3.59. The highest BCUT2D eigenvalue weighted by Gasteiger charge is 2.35. The third kappa shape index (κ3) is 3.46. The van der Waals surface area contributed by atoms with Crippen molar-refractivity contribution in [2.24, 2.45) is 0 Å². The molecule has 0 amide bonds. The van der Waals surface area contributed by atoms with Crippen LogP contribution in [-0.2, 0) is 14.5 Å². The monoisotopic (exact) mass is 180 g/mol. The summed E-state index contributed by atoms with van der Waals surface area (Å²) < 4.78 is 5.05. The van der Waals surface area contributed by atoms with Crippen molar-refractivity contribution in [2.75, 3.05) is 7.11 Å². The van der Waals surface area contributed by atoms with Gasteiger partial charge in [0.2, 0.25) is 5.79 Å². The molecule has 74 valence electrons. The van der Waals surface area contributed by atoms with Crippen LogP contribution in [0.15, 0.2) is 0 Å². The molecule has 12 heavy (non-hydrogen) atoms. The number of ether oxygens (including phenoxy) is 1. The zero-order valence-corrected chi connectivity index (χ0v) is 7.83. The first-order valence-electron chi connectivity index (χ1n) is 3.59. The zero-order chi connectivity index (χ0) is 9.83. The lowest BCUT2D eigenvalue weighted by Gasteiger charge is -2.31. The van der Waals surface area contributed by atoms with Crippen molar-refractivity contribution in [3.8, 4) is 0 Å². The van der Waals surface area contributed by atoms with Crippen molar-refractivity contribution in [2.45, 2.75) is 38.6 Å². The molecule has 0 bridgehead atoms. The topological polar surface area (TPSA) is 68.2 Å². The second-order valence-electron chi connectivity index (χ2n) is 3.46. The summed E-state index contributed by atoms with van der Waals surface area (Å²) in [6.45, 7) is 4.96. The van der Waals surface area contributed by atoms with Crippen LogP contribution in [0.1, 0.15) is 27.2 Å². The SMILES string of the molecule is COC(C)(C)CC(C)(OO)OO. The number of rotatable bonds is 5. The van der Waals surface area contributed by atoms with Gasteiger partial charge in [0, 0.05) is 13.5 Å². The fourth-order valence-corrected chi connectivity index (χ4v) is 0.927. The Morgan fingerprint density at radius 2 is 1.50 bits per heavy atom. The van der Waals surface area contributed by atoms with Crippen LogP contribution < -0.4 is 0 Å². The predicted molar refractivity (Wildman–Crippen MR) is 41.5 cm³/mol. The highest BCUT2D eigenvalue weighted by molar-refractivity contribution is 4.75. The Bertz CT molecular complexity index is 130. The average Bonchev–Trinajstić information content (AvgIpc) is 2.04. The van der Waals surface area contributed by atoms with Gasteiger partial charge in [0.15, 0.2) is 0 Å². The molecule has 0 radical (unpaired) electrons. The quantitative estimate of drug-likeness (QED) is 0.381. The number of hydrogen-bond donors (Lipinski definition) is 2. The van der Waals surface area contributed by atoms with Crippen molar-refractivity contribution in [1.29, 1.82) is 0 Å². The molecule has 0 aliphatic heterocycles. The van der Waals surface area contributed by atoms with E-state index in [-0.39, 0.29) is 6.42 Å². The van der Waals surface area contributed by atoms with Crippen molar-refractivity contribution in [3.63, 3.8) is 0 Å². The molecule has 0 aliphatic rings. The number of methoxy groups -OCH3 is 1. The van der Waals surface area contributed by atoms with Crippen LogP contribution in [0.5, 0.6) is 0 Å². The van der Waals surface area contributed by atoms with Gasteiger partial charge in [-0.05, 0) is 20.8 Å². The fourth-order valence-electron chi connectivity index (χ4n) is 0.927. The summed E-state index contributed by atoms with van der Waals surface area (Å²) in [5, 5.41) is 16.8. The molecule has 0 saturated heterocycles. The van der Waals surface area contributed by atoms with E-state index in [0.29, 0.717) is 0 Å². The van der Waals surface area contributed by atoms with Crippen molar-refractivity contribution >= 4 is 0 Å². The minimum absolute atomic E-state index is 0.198. The molecular formula is C7H16O5. The molecule has 5 heteroatoms. The van der Waals surface area contributed by atoms with Gasteiger partial charge in [0.1, 0.15) is 0 Å². The van der Waals surface area contributed by atoms with Gasteiger partial charge in [-0.3, -0.25) is 0 Å². The van der Waals surface area contributed by atoms with Gasteiger partial charge in [-0.15, -0.1) is 0 Å². The largest absolute Gasteiger partial charge is 0.379 e. The predicted octanol–water partition coefficient (Wildman–Crippen LogP) is 1.50. The van der Waals surface area contributed by atoms with E-state index < -0.39 is 11.4 Å². The molecule has 0 unspecified atom stereocenters. The molecule has 0 aromatic carbocycles. The Hall–Kier alpha value is -0.200. The maximum absolute atomic E-state index is 8.40. The van der Waals surface area contributed by atoms with E-state index in [1.165, 1.54) is 14.0 Å². The maximum atomic E-state index is 8.40. The molecule has 0 spiro atoms. The van der Waals surface area contributed by atoms with E-state index in [4.69, 9.17) is 15.3 Å². The Labute approximate surface area is 71.7 Å². The normalized spacial score (nSPS) is 13.5. The van der Waals surface area contributed by atoms with Crippen molar-refractivity contribution < 1.29 is 25.0 Å². The van der Waals surface area contributed by atoms with E-state index >= 15 is 0 Å². The van der Waals surface area contributed by atoms with Crippen LogP contribution in [0.25, 0.3) is 0 Å². The fraction of sp³-hybridized carbons (Fsp3) is 1.00. The minimum atomic E-state index is -1.44. The molecule has 0 rings (SSSR count). The van der Waals surface area contributed by atoms with E-state index in [9.17, 15) is 0 Å².